The second-order valence-electron chi connectivity index (χ2n) is 4.42. The monoisotopic (exact) mass is 307 g/mol. The fourth-order valence-corrected chi connectivity index (χ4v) is 2.46. The molecule has 1 aromatic heterocycles. The highest BCUT2D eigenvalue weighted by Gasteiger charge is 2.11. The molecule has 20 heavy (non-hydrogen) atoms. The molecule has 0 radical (unpaired) electrons. The normalized spacial score (nSPS) is 11.2. The van der Waals surface area contributed by atoms with E-state index in [-0.39, 0.29) is 5.69 Å². The lowest BCUT2D eigenvalue weighted by Gasteiger charge is -2.05. The molecule has 2 aromatic carbocycles. The van der Waals surface area contributed by atoms with Gasteiger partial charge in [-0.3, -0.25) is 4.57 Å². The van der Waals surface area contributed by atoms with Gasteiger partial charge in [0.15, 0.2) is 0 Å². The first-order chi connectivity index (χ1) is 9.60. The van der Waals surface area contributed by atoms with Gasteiger partial charge in [0.25, 0.3) is 0 Å². The summed E-state index contributed by atoms with van der Waals surface area (Å²) in [5, 5.41) is 0.816. The Hall–Kier alpha value is -1.75. The summed E-state index contributed by atoms with van der Waals surface area (Å²) < 4.78 is 1.55. The van der Waals surface area contributed by atoms with Gasteiger partial charge in [0, 0.05) is 6.54 Å². The average molecular weight is 308 g/mol. The summed E-state index contributed by atoms with van der Waals surface area (Å²) in [5.41, 5.74) is 8.41. The van der Waals surface area contributed by atoms with E-state index in [4.69, 9.17) is 28.9 Å². The van der Waals surface area contributed by atoms with Gasteiger partial charge in [0.1, 0.15) is 0 Å². The lowest BCUT2D eigenvalue weighted by atomic mass is 10.2. The molecule has 0 aliphatic carbocycles. The summed E-state index contributed by atoms with van der Waals surface area (Å²) in [6, 6.07) is 10.8. The number of imidazole rings is 1. The van der Waals surface area contributed by atoms with Crippen molar-refractivity contribution < 1.29 is 0 Å². The fourth-order valence-electron chi connectivity index (χ4n) is 2.14. The Kier molecular flexibility index (Phi) is 3.30. The molecule has 3 aromatic rings. The first-order valence-corrected chi connectivity index (χ1v) is 6.75. The summed E-state index contributed by atoms with van der Waals surface area (Å²) in [4.78, 5) is 14.9. The van der Waals surface area contributed by atoms with E-state index in [1.165, 1.54) is 0 Å². The molecule has 6 heteroatoms. The molecule has 4 nitrogen and oxygen atoms in total. The highest BCUT2D eigenvalue weighted by molar-refractivity contribution is 6.42. The van der Waals surface area contributed by atoms with Crippen LogP contribution in [-0.4, -0.2) is 9.55 Å². The number of nitrogens with one attached hydrogen (secondary N) is 1. The van der Waals surface area contributed by atoms with E-state index < -0.39 is 0 Å². The smallest absolute Gasteiger partial charge is 0.326 e. The second kappa shape index (κ2) is 4.98. The Morgan fingerprint density at radius 2 is 1.75 bits per heavy atom. The highest BCUT2D eigenvalue weighted by Crippen LogP contribution is 2.27. The number of hydrogen-bond acceptors (Lipinski definition) is 2. The Morgan fingerprint density at radius 1 is 1.10 bits per heavy atom. The molecule has 0 amide bonds. The number of hydrogen-bond donors (Lipinski definition) is 2. The van der Waals surface area contributed by atoms with Crippen molar-refractivity contribution in [2.45, 2.75) is 6.54 Å². The molecule has 0 unspecified atom stereocenters. The van der Waals surface area contributed by atoms with Crippen molar-refractivity contribution >= 4 is 34.2 Å². The van der Waals surface area contributed by atoms with Crippen LogP contribution in [0, 0.1) is 0 Å². The summed E-state index contributed by atoms with van der Waals surface area (Å²) >= 11 is 12.0. The van der Waals surface area contributed by atoms with E-state index in [9.17, 15) is 4.79 Å². The van der Waals surface area contributed by atoms with Gasteiger partial charge in [-0.05, 0) is 29.8 Å². The molecule has 0 bridgehead atoms. The van der Waals surface area contributed by atoms with Gasteiger partial charge in [-0.15, -0.1) is 0 Å². The molecule has 0 saturated heterocycles. The van der Waals surface area contributed by atoms with Crippen LogP contribution in [0.25, 0.3) is 16.7 Å². The minimum absolute atomic E-state index is 0.237. The van der Waals surface area contributed by atoms with E-state index >= 15 is 0 Å². The van der Waals surface area contributed by atoms with Crippen molar-refractivity contribution in [2.75, 3.05) is 0 Å². The number of halogens is 2. The predicted molar refractivity (Wildman–Crippen MR) is 81.8 cm³/mol. The standard InChI is InChI=1S/C14H11Cl2N3O/c15-10-5-12-13(6-11(10)16)19(14(20)18-12)9-3-1-8(7-17)2-4-9/h1-6H,7,17H2,(H,18,20). The molecule has 102 valence electrons. The zero-order valence-electron chi connectivity index (χ0n) is 10.4. The first kappa shape index (κ1) is 13.2. The summed E-state index contributed by atoms with van der Waals surface area (Å²) in [6.45, 7) is 0.463. The maximum atomic E-state index is 12.1. The van der Waals surface area contributed by atoms with E-state index in [1.54, 1.807) is 16.7 Å². The minimum Gasteiger partial charge on any atom is -0.326 e. The topological polar surface area (TPSA) is 63.8 Å². The average Bonchev–Trinajstić information content (AvgIpc) is 2.75. The van der Waals surface area contributed by atoms with E-state index in [1.807, 2.05) is 24.3 Å². The van der Waals surface area contributed by atoms with Gasteiger partial charge >= 0.3 is 5.69 Å². The first-order valence-electron chi connectivity index (χ1n) is 5.99. The van der Waals surface area contributed by atoms with Crippen molar-refractivity contribution in [3.63, 3.8) is 0 Å². The van der Waals surface area contributed by atoms with Gasteiger partial charge in [0.05, 0.1) is 26.8 Å². The van der Waals surface area contributed by atoms with Gasteiger partial charge < -0.3 is 10.7 Å². The largest absolute Gasteiger partial charge is 0.331 e. The summed E-state index contributed by atoms with van der Waals surface area (Å²) in [6.07, 6.45) is 0. The summed E-state index contributed by atoms with van der Waals surface area (Å²) in [7, 11) is 0. The molecule has 0 spiro atoms. The van der Waals surface area contributed by atoms with E-state index in [0.29, 0.717) is 27.6 Å². The zero-order chi connectivity index (χ0) is 14.3. The molecular formula is C14H11Cl2N3O. The van der Waals surface area contributed by atoms with Crippen LogP contribution in [0.3, 0.4) is 0 Å². The lowest BCUT2D eigenvalue weighted by Crippen LogP contribution is -2.14. The molecule has 0 fully saturated rings. The van der Waals surface area contributed by atoms with Crippen LogP contribution in [-0.2, 0) is 6.54 Å². The van der Waals surface area contributed by atoms with E-state index in [2.05, 4.69) is 4.98 Å². The van der Waals surface area contributed by atoms with E-state index in [0.717, 1.165) is 11.3 Å². The zero-order valence-corrected chi connectivity index (χ0v) is 11.9. The van der Waals surface area contributed by atoms with Crippen LogP contribution in [0.2, 0.25) is 10.0 Å². The van der Waals surface area contributed by atoms with Crippen LogP contribution >= 0.6 is 23.2 Å². The molecule has 3 N–H and O–H groups in total. The van der Waals surface area contributed by atoms with Crippen molar-refractivity contribution in [1.29, 1.82) is 0 Å². The number of rotatable bonds is 2. The highest BCUT2D eigenvalue weighted by atomic mass is 35.5. The minimum atomic E-state index is -0.237. The third kappa shape index (κ3) is 2.12. The number of aromatic nitrogens is 2. The maximum absolute atomic E-state index is 12.1. The van der Waals surface area contributed by atoms with Crippen molar-refractivity contribution in [3.8, 4) is 5.69 Å². The number of H-pyrrole nitrogens is 1. The number of nitrogens with zero attached hydrogens (tertiary/aromatic N) is 1. The van der Waals surface area contributed by atoms with Crippen molar-refractivity contribution in [3.05, 3.63) is 62.5 Å². The number of fused-ring (bicyclic) bond motifs is 1. The molecule has 3 rings (SSSR count). The lowest BCUT2D eigenvalue weighted by molar-refractivity contribution is 1.01. The van der Waals surface area contributed by atoms with Crippen LogP contribution in [0.15, 0.2) is 41.2 Å². The maximum Gasteiger partial charge on any atom is 0.331 e. The fraction of sp³-hybridized carbons (Fsp3) is 0.0714. The second-order valence-corrected chi connectivity index (χ2v) is 5.23. The predicted octanol–water partition coefficient (Wildman–Crippen LogP) is 3.08. The van der Waals surface area contributed by atoms with Crippen LogP contribution in [0.4, 0.5) is 0 Å². The molecule has 0 aliphatic rings. The number of benzene rings is 2. The number of aromatic amines is 1. The van der Waals surface area contributed by atoms with Gasteiger partial charge in [-0.25, -0.2) is 4.79 Å². The molecule has 0 saturated carbocycles. The van der Waals surface area contributed by atoms with Crippen LogP contribution in [0.5, 0.6) is 0 Å². The van der Waals surface area contributed by atoms with Gasteiger partial charge in [0.2, 0.25) is 0 Å². The quantitative estimate of drug-likeness (QED) is 0.764. The Bertz CT molecular complexity index is 834. The molecule has 1 heterocycles. The number of nitrogens with two attached hydrogens (primary N) is 1. The van der Waals surface area contributed by atoms with Crippen molar-refractivity contribution in [1.82, 2.24) is 9.55 Å². The Balaban J connectivity index is 2.26. The molecule has 0 atom stereocenters. The molecular weight excluding hydrogens is 297 g/mol. The molecule has 0 aliphatic heterocycles. The van der Waals surface area contributed by atoms with Gasteiger partial charge in [-0.1, -0.05) is 35.3 Å². The Labute approximate surface area is 124 Å². The third-order valence-corrected chi connectivity index (χ3v) is 3.88. The third-order valence-electron chi connectivity index (χ3n) is 3.15. The SMILES string of the molecule is NCc1ccc(-n2c(=O)[nH]c3cc(Cl)c(Cl)cc32)cc1. The summed E-state index contributed by atoms with van der Waals surface area (Å²) in [5.74, 6) is 0. The van der Waals surface area contributed by atoms with Crippen molar-refractivity contribution in [2.24, 2.45) is 5.73 Å². The van der Waals surface area contributed by atoms with Crippen LogP contribution in [0.1, 0.15) is 5.56 Å². The van der Waals surface area contributed by atoms with Gasteiger partial charge in [-0.2, -0.15) is 0 Å². The van der Waals surface area contributed by atoms with Crippen LogP contribution < -0.4 is 11.4 Å². The Morgan fingerprint density at radius 3 is 2.40 bits per heavy atom.